The largest absolute Gasteiger partial charge is 0.497 e. The molecule has 30 heavy (non-hydrogen) atoms. The molecule has 0 saturated heterocycles. The minimum absolute atomic E-state index is 0.0830. The number of nitrogen functional groups attached to an aromatic ring is 1. The van der Waals surface area contributed by atoms with Crippen LogP contribution in [0.5, 0.6) is 5.75 Å². The van der Waals surface area contributed by atoms with Crippen molar-refractivity contribution in [3.63, 3.8) is 0 Å². The molecule has 5 rings (SSSR count). The van der Waals surface area contributed by atoms with Gasteiger partial charge < -0.3 is 20.2 Å². The van der Waals surface area contributed by atoms with E-state index in [1.807, 2.05) is 36.4 Å². The second-order valence-electron chi connectivity index (χ2n) is 7.35. The Morgan fingerprint density at radius 2 is 1.90 bits per heavy atom. The van der Waals surface area contributed by atoms with Gasteiger partial charge in [0.1, 0.15) is 5.75 Å². The van der Waals surface area contributed by atoms with Gasteiger partial charge in [0.2, 0.25) is 11.5 Å². The molecule has 2 aromatic heterocycles. The highest BCUT2D eigenvalue weighted by Crippen LogP contribution is 2.40. The molecular formula is C24H21N3O3. The smallest absolute Gasteiger partial charge is 0.293 e. The summed E-state index contributed by atoms with van der Waals surface area (Å²) in [5.74, 6) is 0.323. The summed E-state index contributed by atoms with van der Waals surface area (Å²) in [6.45, 7) is 0. The lowest BCUT2D eigenvalue weighted by Gasteiger charge is -2.08. The van der Waals surface area contributed by atoms with Crippen molar-refractivity contribution < 1.29 is 13.9 Å². The molecule has 0 bridgehead atoms. The summed E-state index contributed by atoms with van der Waals surface area (Å²) in [7, 11) is 1.58. The zero-order valence-electron chi connectivity index (χ0n) is 16.6. The predicted molar refractivity (Wildman–Crippen MR) is 117 cm³/mol. The van der Waals surface area contributed by atoms with E-state index in [2.05, 4.69) is 5.32 Å². The Morgan fingerprint density at radius 3 is 2.70 bits per heavy atom. The molecule has 0 spiro atoms. The maximum absolute atomic E-state index is 12.9. The molecule has 3 N–H and O–H groups in total. The van der Waals surface area contributed by atoms with Crippen molar-refractivity contribution in [2.45, 2.75) is 19.3 Å². The highest BCUT2D eigenvalue weighted by Gasteiger charge is 2.28. The molecule has 2 aromatic carbocycles. The van der Waals surface area contributed by atoms with Gasteiger partial charge in [-0.1, -0.05) is 36.4 Å². The molecule has 0 radical (unpaired) electrons. The van der Waals surface area contributed by atoms with E-state index >= 15 is 0 Å². The number of hydrogen-bond acceptors (Lipinski definition) is 5. The van der Waals surface area contributed by atoms with E-state index in [9.17, 15) is 4.79 Å². The van der Waals surface area contributed by atoms with Crippen LogP contribution in [0.25, 0.3) is 22.4 Å². The Kier molecular flexibility index (Phi) is 4.39. The van der Waals surface area contributed by atoms with Crippen LogP contribution in [0, 0.1) is 0 Å². The number of ether oxygens (including phenoxy) is 1. The fraction of sp³-hybridized carbons (Fsp3) is 0.167. The molecule has 1 aliphatic rings. The molecular weight excluding hydrogens is 378 g/mol. The van der Waals surface area contributed by atoms with Gasteiger partial charge in [-0.05, 0) is 42.5 Å². The Balaban J connectivity index is 1.59. The molecule has 2 heterocycles. The van der Waals surface area contributed by atoms with Gasteiger partial charge in [0.25, 0.3) is 5.91 Å². The Bertz CT molecular complexity index is 1260. The highest BCUT2D eigenvalue weighted by atomic mass is 16.5. The average Bonchev–Trinajstić information content (AvgIpc) is 3.38. The van der Waals surface area contributed by atoms with E-state index < -0.39 is 5.91 Å². The number of carbonyl (C=O) groups excluding carboxylic acids is 1. The molecule has 0 atom stereocenters. The summed E-state index contributed by atoms with van der Waals surface area (Å²) in [6.07, 6.45) is 2.87. The maximum atomic E-state index is 12.9. The molecule has 4 aromatic rings. The summed E-state index contributed by atoms with van der Waals surface area (Å²) in [4.78, 5) is 17.7. The van der Waals surface area contributed by atoms with Crippen molar-refractivity contribution in [1.29, 1.82) is 0 Å². The van der Waals surface area contributed by atoms with Crippen molar-refractivity contribution in [3.05, 3.63) is 71.5 Å². The second-order valence-corrected chi connectivity index (χ2v) is 7.35. The van der Waals surface area contributed by atoms with E-state index in [-0.39, 0.29) is 5.76 Å². The van der Waals surface area contributed by atoms with Gasteiger partial charge in [-0.15, -0.1) is 0 Å². The standard InChI is InChI=1S/C24H21N3O3/c1-29-16-10-5-9-15(13-16)26-23(28)22-20(25)19-17-11-6-12-18(17)21(27-24(19)30-22)14-7-3-2-4-8-14/h2-5,7-10,13H,6,11-12,25H2,1H3,(H,26,28). The molecule has 0 fully saturated rings. The van der Waals surface area contributed by atoms with Gasteiger partial charge in [-0.25, -0.2) is 4.98 Å². The summed E-state index contributed by atoms with van der Waals surface area (Å²) in [6, 6.07) is 17.2. The Labute approximate surface area is 173 Å². The molecule has 1 amide bonds. The Morgan fingerprint density at radius 1 is 1.10 bits per heavy atom. The maximum Gasteiger partial charge on any atom is 0.293 e. The number of furan rings is 1. The zero-order chi connectivity index (χ0) is 20.7. The monoisotopic (exact) mass is 399 g/mol. The van der Waals surface area contributed by atoms with Gasteiger partial charge in [0, 0.05) is 17.3 Å². The molecule has 0 saturated carbocycles. The predicted octanol–water partition coefficient (Wildman–Crippen LogP) is 4.83. The van der Waals surface area contributed by atoms with Crippen molar-refractivity contribution in [2.75, 3.05) is 18.2 Å². The summed E-state index contributed by atoms with van der Waals surface area (Å²) in [5, 5.41) is 3.59. The van der Waals surface area contributed by atoms with Gasteiger partial charge in [0.05, 0.1) is 23.9 Å². The number of aromatic nitrogens is 1. The lowest BCUT2D eigenvalue weighted by molar-refractivity contribution is 0.0999. The van der Waals surface area contributed by atoms with Crippen LogP contribution in [0.2, 0.25) is 0 Å². The van der Waals surface area contributed by atoms with Crippen molar-refractivity contribution >= 4 is 28.4 Å². The van der Waals surface area contributed by atoms with Gasteiger partial charge in [-0.3, -0.25) is 4.79 Å². The zero-order valence-corrected chi connectivity index (χ0v) is 16.6. The number of aryl methyl sites for hydroxylation is 1. The fourth-order valence-corrected chi connectivity index (χ4v) is 4.14. The Hall–Kier alpha value is -3.80. The number of fused-ring (bicyclic) bond motifs is 3. The van der Waals surface area contributed by atoms with Gasteiger partial charge in [-0.2, -0.15) is 0 Å². The van der Waals surface area contributed by atoms with Crippen molar-refractivity contribution in [2.24, 2.45) is 0 Å². The van der Waals surface area contributed by atoms with E-state index in [0.29, 0.717) is 22.8 Å². The lowest BCUT2D eigenvalue weighted by Crippen LogP contribution is -2.12. The highest BCUT2D eigenvalue weighted by molar-refractivity contribution is 6.11. The van der Waals surface area contributed by atoms with Crippen LogP contribution < -0.4 is 15.8 Å². The summed E-state index contributed by atoms with van der Waals surface area (Å²) in [5.41, 5.74) is 12.0. The van der Waals surface area contributed by atoms with E-state index in [1.165, 1.54) is 5.56 Å². The van der Waals surface area contributed by atoms with E-state index in [0.717, 1.165) is 41.5 Å². The van der Waals surface area contributed by atoms with E-state index in [4.69, 9.17) is 19.9 Å². The number of benzene rings is 2. The first-order chi connectivity index (χ1) is 14.7. The number of amides is 1. The van der Waals surface area contributed by atoms with Crippen LogP contribution in [0.4, 0.5) is 11.4 Å². The average molecular weight is 399 g/mol. The molecule has 0 unspecified atom stereocenters. The number of pyridine rings is 1. The summed E-state index contributed by atoms with van der Waals surface area (Å²) < 4.78 is 11.1. The first kappa shape index (κ1) is 18.2. The quantitative estimate of drug-likeness (QED) is 0.513. The minimum atomic E-state index is -0.410. The number of anilines is 2. The van der Waals surface area contributed by atoms with Crippen LogP contribution in [0.15, 0.2) is 59.0 Å². The summed E-state index contributed by atoms with van der Waals surface area (Å²) >= 11 is 0. The minimum Gasteiger partial charge on any atom is -0.497 e. The number of nitrogens with one attached hydrogen (secondary N) is 1. The van der Waals surface area contributed by atoms with E-state index in [1.54, 1.807) is 25.3 Å². The molecule has 6 nitrogen and oxygen atoms in total. The van der Waals surface area contributed by atoms with Crippen LogP contribution >= 0.6 is 0 Å². The van der Waals surface area contributed by atoms with Gasteiger partial charge >= 0.3 is 0 Å². The van der Waals surface area contributed by atoms with Crippen molar-refractivity contribution in [1.82, 2.24) is 4.98 Å². The molecule has 150 valence electrons. The lowest BCUT2D eigenvalue weighted by atomic mass is 10.0. The topological polar surface area (TPSA) is 90.4 Å². The van der Waals surface area contributed by atoms with Gasteiger partial charge in [0.15, 0.2) is 0 Å². The number of methoxy groups -OCH3 is 1. The normalized spacial score (nSPS) is 12.7. The molecule has 6 heteroatoms. The fourth-order valence-electron chi connectivity index (χ4n) is 4.14. The van der Waals surface area contributed by atoms with Crippen LogP contribution in [0.3, 0.4) is 0 Å². The van der Waals surface area contributed by atoms with Crippen LogP contribution in [-0.4, -0.2) is 18.0 Å². The first-order valence-electron chi connectivity index (χ1n) is 9.90. The third kappa shape index (κ3) is 2.97. The van der Waals surface area contributed by atoms with Crippen LogP contribution in [-0.2, 0) is 12.8 Å². The number of hydrogen-bond donors (Lipinski definition) is 2. The number of nitrogens with two attached hydrogens (primary N) is 1. The number of rotatable bonds is 4. The van der Waals surface area contributed by atoms with Crippen molar-refractivity contribution in [3.8, 4) is 17.0 Å². The molecule has 0 aliphatic heterocycles. The third-order valence-corrected chi connectivity index (χ3v) is 5.53. The third-order valence-electron chi connectivity index (χ3n) is 5.53. The number of carbonyl (C=O) groups is 1. The molecule has 1 aliphatic carbocycles. The first-order valence-corrected chi connectivity index (χ1v) is 9.90. The SMILES string of the molecule is COc1cccc(NC(=O)c2oc3nc(-c4ccccc4)c4c(c3c2N)CCC4)c1. The second kappa shape index (κ2) is 7.22. The van der Waals surface area contributed by atoms with Crippen LogP contribution in [0.1, 0.15) is 28.1 Å². The number of nitrogens with zero attached hydrogens (tertiary/aromatic N) is 1.